The van der Waals surface area contributed by atoms with Gasteiger partial charge in [0.25, 0.3) is 0 Å². The quantitative estimate of drug-likeness (QED) is 0.846. The van der Waals surface area contributed by atoms with Crippen molar-refractivity contribution in [2.75, 3.05) is 12.9 Å². The number of methoxy groups -OCH3 is 1. The first-order valence-electron chi connectivity index (χ1n) is 4.99. The van der Waals surface area contributed by atoms with Crippen molar-refractivity contribution >= 4 is 39.3 Å². The first-order valence-corrected chi connectivity index (χ1v) is 6.79. The van der Waals surface area contributed by atoms with Gasteiger partial charge in [0.15, 0.2) is 4.34 Å². The molecule has 0 unspecified atom stereocenters. The Hall–Kier alpha value is -1.27. The van der Waals surface area contributed by atoms with Crippen LogP contribution in [0.2, 0.25) is 0 Å². The number of thioether (sulfide) groups is 1. The van der Waals surface area contributed by atoms with Crippen LogP contribution in [0.5, 0.6) is 5.75 Å². The van der Waals surface area contributed by atoms with Crippen LogP contribution in [0.25, 0.3) is 10.2 Å². The zero-order valence-corrected chi connectivity index (χ0v) is 10.8. The molecule has 1 N–H and O–H groups in total. The molecule has 0 aliphatic carbocycles. The van der Waals surface area contributed by atoms with Crippen molar-refractivity contribution in [3.63, 3.8) is 0 Å². The summed E-state index contributed by atoms with van der Waals surface area (Å²) < 4.78 is 7.16. The smallest absolute Gasteiger partial charge is 0.304 e. The molecule has 0 saturated heterocycles. The third-order valence-corrected chi connectivity index (χ3v) is 4.29. The molecule has 0 aliphatic rings. The Labute approximate surface area is 107 Å². The molecule has 0 fully saturated rings. The molecular formula is C11H11NO3S2. The van der Waals surface area contributed by atoms with E-state index in [9.17, 15) is 4.79 Å². The molecule has 2 rings (SSSR count). The fourth-order valence-corrected chi connectivity index (χ4v) is 3.43. The van der Waals surface area contributed by atoms with E-state index in [0.717, 1.165) is 20.3 Å². The van der Waals surface area contributed by atoms with Crippen LogP contribution in [0.1, 0.15) is 6.42 Å². The monoisotopic (exact) mass is 269 g/mol. The van der Waals surface area contributed by atoms with E-state index in [1.54, 1.807) is 18.4 Å². The summed E-state index contributed by atoms with van der Waals surface area (Å²) in [5.74, 6) is 0.511. The highest BCUT2D eigenvalue weighted by molar-refractivity contribution is 8.01. The lowest BCUT2D eigenvalue weighted by Crippen LogP contribution is -1.95. The summed E-state index contributed by atoms with van der Waals surface area (Å²) in [4.78, 5) is 14.9. The normalized spacial score (nSPS) is 10.6. The highest BCUT2D eigenvalue weighted by Crippen LogP contribution is 2.34. The Balaban J connectivity index is 2.17. The number of carbonyl (C=O) groups is 1. The van der Waals surface area contributed by atoms with E-state index in [-0.39, 0.29) is 6.42 Å². The van der Waals surface area contributed by atoms with E-state index < -0.39 is 5.97 Å². The number of aromatic nitrogens is 1. The summed E-state index contributed by atoms with van der Waals surface area (Å²) in [7, 11) is 1.62. The molecule has 2 aromatic rings. The Morgan fingerprint density at radius 3 is 3.12 bits per heavy atom. The maximum Gasteiger partial charge on any atom is 0.304 e. The van der Waals surface area contributed by atoms with Gasteiger partial charge in [-0.3, -0.25) is 4.79 Å². The van der Waals surface area contributed by atoms with Crippen molar-refractivity contribution in [3.8, 4) is 5.75 Å². The van der Waals surface area contributed by atoms with Gasteiger partial charge in [-0.05, 0) is 12.1 Å². The average Bonchev–Trinajstić information content (AvgIpc) is 2.70. The SMILES string of the molecule is COc1cccc2sc(SCCC(=O)O)nc12. The summed E-state index contributed by atoms with van der Waals surface area (Å²) in [5.41, 5.74) is 0.845. The Morgan fingerprint density at radius 1 is 1.59 bits per heavy atom. The second kappa shape index (κ2) is 5.37. The summed E-state index contributed by atoms with van der Waals surface area (Å²) in [6.07, 6.45) is 0.151. The third kappa shape index (κ3) is 2.89. The molecule has 1 aromatic heterocycles. The van der Waals surface area contributed by atoms with E-state index in [4.69, 9.17) is 9.84 Å². The van der Waals surface area contributed by atoms with Gasteiger partial charge in [-0.15, -0.1) is 11.3 Å². The van der Waals surface area contributed by atoms with Gasteiger partial charge in [0.2, 0.25) is 0 Å². The summed E-state index contributed by atoms with van der Waals surface area (Å²) in [6, 6.07) is 5.77. The molecule has 0 radical (unpaired) electrons. The third-order valence-electron chi connectivity index (χ3n) is 2.12. The second-order valence-corrected chi connectivity index (χ2v) is 5.65. The van der Waals surface area contributed by atoms with Crippen LogP contribution in [0.15, 0.2) is 22.5 Å². The van der Waals surface area contributed by atoms with E-state index >= 15 is 0 Å². The molecule has 90 valence electrons. The zero-order chi connectivity index (χ0) is 12.3. The van der Waals surface area contributed by atoms with Crippen LogP contribution in [0, 0.1) is 0 Å². The van der Waals surface area contributed by atoms with Crippen LogP contribution < -0.4 is 4.74 Å². The Morgan fingerprint density at radius 2 is 2.41 bits per heavy atom. The van der Waals surface area contributed by atoms with E-state index in [0.29, 0.717) is 5.75 Å². The van der Waals surface area contributed by atoms with Gasteiger partial charge in [0, 0.05) is 5.75 Å². The highest BCUT2D eigenvalue weighted by atomic mass is 32.2. The number of rotatable bonds is 5. The molecule has 4 nitrogen and oxygen atoms in total. The van der Waals surface area contributed by atoms with Crippen molar-refractivity contribution in [2.24, 2.45) is 0 Å². The van der Waals surface area contributed by atoms with Gasteiger partial charge in [-0.1, -0.05) is 17.8 Å². The Kier molecular flexibility index (Phi) is 3.86. The summed E-state index contributed by atoms with van der Waals surface area (Å²) >= 11 is 3.02. The highest BCUT2D eigenvalue weighted by Gasteiger charge is 2.09. The van der Waals surface area contributed by atoms with Gasteiger partial charge >= 0.3 is 5.97 Å². The molecule has 0 aliphatic heterocycles. The maximum absolute atomic E-state index is 10.4. The number of carboxylic acid groups (broad SMARTS) is 1. The molecule has 0 spiro atoms. The topological polar surface area (TPSA) is 59.4 Å². The first kappa shape index (κ1) is 12.2. The van der Waals surface area contributed by atoms with Gasteiger partial charge in [-0.25, -0.2) is 4.98 Å². The minimum atomic E-state index is -0.781. The van der Waals surface area contributed by atoms with Crippen molar-refractivity contribution in [1.82, 2.24) is 4.98 Å². The van der Waals surface area contributed by atoms with Crippen LogP contribution in [-0.2, 0) is 4.79 Å². The van der Waals surface area contributed by atoms with Gasteiger partial charge in [-0.2, -0.15) is 0 Å². The minimum absolute atomic E-state index is 0.151. The fraction of sp³-hybridized carbons (Fsp3) is 0.273. The van der Waals surface area contributed by atoms with Crippen molar-refractivity contribution < 1.29 is 14.6 Å². The van der Waals surface area contributed by atoms with E-state index in [2.05, 4.69) is 4.98 Å². The van der Waals surface area contributed by atoms with Crippen molar-refractivity contribution in [1.29, 1.82) is 0 Å². The van der Waals surface area contributed by atoms with Crippen LogP contribution in [-0.4, -0.2) is 28.9 Å². The van der Waals surface area contributed by atoms with Crippen LogP contribution in [0.4, 0.5) is 0 Å². The fourth-order valence-electron chi connectivity index (χ4n) is 1.36. The lowest BCUT2D eigenvalue weighted by Gasteiger charge is -1.98. The molecule has 1 aromatic carbocycles. The lowest BCUT2D eigenvalue weighted by molar-refractivity contribution is -0.136. The first-order chi connectivity index (χ1) is 8.20. The predicted octanol–water partition coefficient (Wildman–Crippen LogP) is 2.87. The zero-order valence-electron chi connectivity index (χ0n) is 9.17. The van der Waals surface area contributed by atoms with Gasteiger partial charge in [0.1, 0.15) is 11.3 Å². The molecule has 1 heterocycles. The number of hydrogen-bond acceptors (Lipinski definition) is 5. The number of nitrogens with zero attached hydrogens (tertiary/aromatic N) is 1. The number of ether oxygens (including phenoxy) is 1. The van der Waals surface area contributed by atoms with Crippen molar-refractivity contribution in [3.05, 3.63) is 18.2 Å². The molecule has 0 saturated carbocycles. The molecule has 6 heteroatoms. The molecule has 0 atom stereocenters. The number of aliphatic carboxylic acids is 1. The average molecular weight is 269 g/mol. The number of carboxylic acids is 1. The largest absolute Gasteiger partial charge is 0.494 e. The van der Waals surface area contributed by atoms with Crippen LogP contribution >= 0.6 is 23.1 Å². The summed E-state index contributed by atoms with van der Waals surface area (Å²) in [6.45, 7) is 0. The Bertz CT molecular complexity index is 538. The molecular weight excluding hydrogens is 258 g/mol. The number of hydrogen-bond donors (Lipinski definition) is 1. The van der Waals surface area contributed by atoms with E-state index in [1.165, 1.54) is 11.8 Å². The van der Waals surface area contributed by atoms with Crippen LogP contribution in [0.3, 0.4) is 0 Å². The van der Waals surface area contributed by atoms with Gasteiger partial charge in [0.05, 0.1) is 18.2 Å². The molecule has 17 heavy (non-hydrogen) atoms. The number of benzene rings is 1. The second-order valence-electron chi connectivity index (χ2n) is 3.28. The lowest BCUT2D eigenvalue weighted by atomic mass is 10.3. The number of para-hydroxylation sites is 1. The predicted molar refractivity (Wildman–Crippen MR) is 69.1 cm³/mol. The minimum Gasteiger partial charge on any atom is -0.494 e. The standard InChI is InChI=1S/C11H11NO3S2/c1-15-7-3-2-4-8-10(7)12-11(17-8)16-6-5-9(13)14/h2-4H,5-6H2,1H3,(H,13,14). The maximum atomic E-state index is 10.4. The molecule has 0 amide bonds. The number of fused-ring (bicyclic) bond motifs is 1. The van der Waals surface area contributed by atoms with Gasteiger partial charge < -0.3 is 9.84 Å². The number of thiazole rings is 1. The summed E-state index contributed by atoms with van der Waals surface area (Å²) in [5, 5.41) is 8.56. The van der Waals surface area contributed by atoms with Crippen molar-refractivity contribution in [2.45, 2.75) is 10.8 Å². The molecule has 0 bridgehead atoms. The van der Waals surface area contributed by atoms with E-state index in [1.807, 2.05) is 18.2 Å².